The first-order valence-electron chi connectivity index (χ1n) is 7.42. The second-order valence-electron chi connectivity index (χ2n) is 5.41. The van der Waals surface area contributed by atoms with Crippen LogP contribution in [0, 0.1) is 0 Å². The molecule has 0 aliphatic carbocycles. The third-order valence-electron chi connectivity index (χ3n) is 4.01. The van der Waals surface area contributed by atoms with Gasteiger partial charge < -0.3 is 9.47 Å². The van der Waals surface area contributed by atoms with Crippen LogP contribution < -0.4 is 4.74 Å². The van der Waals surface area contributed by atoms with Crippen LogP contribution in [0.1, 0.15) is 29.2 Å². The zero-order valence-corrected chi connectivity index (χ0v) is 11.8. The van der Waals surface area contributed by atoms with E-state index in [0.29, 0.717) is 6.61 Å². The van der Waals surface area contributed by atoms with Gasteiger partial charge in [-0.25, -0.2) is 4.99 Å². The van der Waals surface area contributed by atoms with Crippen molar-refractivity contribution in [2.75, 3.05) is 13.2 Å². The maximum absolute atomic E-state index is 6.15. The molecule has 0 spiro atoms. The number of hydrogen-bond acceptors (Lipinski definition) is 3. The van der Waals surface area contributed by atoms with E-state index in [1.165, 1.54) is 11.1 Å². The Morgan fingerprint density at radius 3 is 2.76 bits per heavy atom. The van der Waals surface area contributed by atoms with Crippen molar-refractivity contribution in [1.29, 1.82) is 0 Å². The van der Waals surface area contributed by atoms with Crippen LogP contribution >= 0.6 is 0 Å². The molecule has 0 saturated heterocycles. The van der Waals surface area contributed by atoms with E-state index in [-0.39, 0.29) is 6.10 Å². The van der Waals surface area contributed by atoms with Gasteiger partial charge in [0.05, 0.1) is 6.54 Å². The van der Waals surface area contributed by atoms with Crippen molar-refractivity contribution in [2.45, 2.75) is 18.9 Å². The van der Waals surface area contributed by atoms with E-state index in [1.54, 1.807) is 0 Å². The molecule has 2 aliphatic heterocycles. The first-order valence-corrected chi connectivity index (χ1v) is 7.42. The van der Waals surface area contributed by atoms with E-state index in [1.807, 2.05) is 18.2 Å². The van der Waals surface area contributed by atoms with Gasteiger partial charge in [-0.15, -0.1) is 0 Å². The highest BCUT2D eigenvalue weighted by molar-refractivity contribution is 5.95. The number of fused-ring (bicyclic) bond motifs is 1. The van der Waals surface area contributed by atoms with Gasteiger partial charge in [-0.05, 0) is 42.2 Å². The highest BCUT2D eigenvalue weighted by Crippen LogP contribution is 2.35. The minimum absolute atomic E-state index is 0.157. The highest BCUT2D eigenvalue weighted by Gasteiger charge is 2.22. The molecule has 1 atom stereocenters. The molecule has 0 saturated carbocycles. The normalized spacial score (nSPS) is 20.2. The van der Waals surface area contributed by atoms with Crippen molar-refractivity contribution in [3.63, 3.8) is 0 Å². The van der Waals surface area contributed by atoms with Gasteiger partial charge in [0.2, 0.25) is 5.90 Å². The topological polar surface area (TPSA) is 30.8 Å². The van der Waals surface area contributed by atoms with Gasteiger partial charge in [-0.3, -0.25) is 0 Å². The Bertz CT molecular complexity index is 679. The number of aryl methyl sites for hydroxylation is 1. The molecule has 2 heterocycles. The van der Waals surface area contributed by atoms with Crippen LogP contribution in [-0.4, -0.2) is 19.0 Å². The van der Waals surface area contributed by atoms with Gasteiger partial charge in [0, 0.05) is 5.56 Å². The van der Waals surface area contributed by atoms with Gasteiger partial charge in [-0.1, -0.05) is 30.3 Å². The molecule has 2 aliphatic rings. The van der Waals surface area contributed by atoms with Gasteiger partial charge in [0.1, 0.15) is 18.5 Å². The summed E-state index contributed by atoms with van der Waals surface area (Å²) in [5.41, 5.74) is 3.56. The lowest BCUT2D eigenvalue weighted by atomic mass is 9.96. The van der Waals surface area contributed by atoms with Crippen molar-refractivity contribution in [2.24, 2.45) is 4.99 Å². The van der Waals surface area contributed by atoms with Crippen LogP contribution in [0.15, 0.2) is 53.5 Å². The Morgan fingerprint density at radius 2 is 1.95 bits per heavy atom. The third-order valence-corrected chi connectivity index (χ3v) is 4.01. The van der Waals surface area contributed by atoms with Gasteiger partial charge in [0.25, 0.3) is 0 Å². The molecule has 0 N–H and O–H groups in total. The van der Waals surface area contributed by atoms with Gasteiger partial charge in [-0.2, -0.15) is 0 Å². The molecule has 0 bridgehead atoms. The largest absolute Gasteiger partial charge is 0.485 e. The number of rotatable bonds is 2. The Hall–Kier alpha value is -2.29. The van der Waals surface area contributed by atoms with Crippen LogP contribution in [0.4, 0.5) is 0 Å². The second-order valence-corrected chi connectivity index (χ2v) is 5.41. The molecule has 21 heavy (non-hydrogen) atoms. The molecule has 3 nitrogen and oxygen atoms in total. The van der Waals surface area contributed by atoms with Crippen LogP contribution in [0.2, 0.25) is 0 Å². The SMILES string of the molecule is c1ccc(C2CCc3cc(C4=NCCO4)ccc3O2)cc1. The standard InChI is InChI=1S/C18H17NO2/c1-2-4-13(5-3-1)16-8-6-14-12-15(7-9-17(14)21-16)18-19-10-11-20-18/h1-5,7,9,12,16H,6,8,10-11H2. The van der Waals surface area contributed by atoms with E-state index in [4.69, 9.17) is 9.47 Å². The second kappa shape index (κ2) is 5.24. The first kappa shape index (κ1) is 12.5. The number of benzene rings is 2. The van der Waals surface area contributed by atoms with Crippen molar-refractivity contribution < 1.29 is 9.47 Å². The summed E-state index contributed by atoms with van der Waals surface area (Å²) >= 11 is 0. The molecular weight excluding hydrogens is 262 g/mol. The monoisotopic (exact) mass is 279 g/mol. The van der Waals surface area contributed by atoms with E-state index in [2.05, 4.69) is 35.3 Å². The molecule has 0 amide bonds. The lowest BCUT2D eigenvalue weighted by Gasteiger charge is -2.26. The van der Waals surface area contributed by atoms with Crippen LogP contribution in [0.25, 0.3) is 0 Å². The smallest absolute Gasteiger partial charge is 0.216 e. The van der Waals surface area contributed by atoms with Crippen LogP contribution in [-0.2, 0) is 11.2 Å². The Morgan fingerprint density at radius 1 is 1.05 bits per heavy atom. The average molecular weight is 279 g/mol. The summed E-state index contributed by atoms with van der Waals surface area (Å²) in [6.07, 6.45) is 2.19. The Balaban J connectivity index is 1.59. The number of ether oxygens (including phenoxy) is 2. The molecule has 106 valence electrons. The predicted octanol–water partition coefficient (Wildman–Crippen LogP) is 3.53. The Labute approximate surface area is 124 Å². The van der Waals surface area contributed by atoms with Gasteiger partial charge >= 0.3 is 0 Å². The molecule has 0 aromatic heterocycles. The molecule has 0 fully saturated rings. The van der Waals surface area contributed by atoms with Gasteiger partial charge in [0.15, 0.2) is 0 Å². The zero-order chi connectivity index (χ0) is 14.1. The molecule has 0 radical (unpaired) electrons. The number of hydrogen-bond donors (Lipinski definition) is 0. The molecule has 2 aromatic rings. The summed E-state index contributed by atoms with van der Waals surface area (Å²) in [7, 11) is 0. The molecule has 3 heteroatoms. The van der Waals surface area contributed by atoms with Crippen molar-refractivity contribution in [1.82, 2.24) is 0 Å². The summed E-state index contributed by atoms with van der Waals surface area (Å²) < 4.78 is 11.7. The summed E-state index contributed by atoms with van der Waals surface area (Å²) in [6.45, 7) is 1.46. The van der Waals surface area contributed by atoms with Crippen molar-refractivity contribution in [3.8, 4) is 5.75 Å². The Kier molecular flexibility index (Phi) is 3.11. The number of aliphatic imine (C=N–C) groups is 1. The maximum Gasteiger partial charge on any atom is 0.216 e. The predicted molar refractivity (Wildman–Crippen MR) is 81.9 cm³/mol. The summed E-state index contributed by atoms with van der Waals surface area (Å²) in [5.74, 6) is 1.75. The molecule has 1 unspecified atom stereocenters. The highest BCUT2D eigenvalue weighted by atomic mass is 16.5. The summed E-state index contributed by atoms with van der Waals surface area (Å²) in [4.78, 5) is 4.37. The number of nitrogens with zero attached hydrogens (tertiary/aromatic N) is 1. The quantitative estimate of drug-likeness (QED) is 0.842. The minimum atomic E-state index is 0.157. The van der Waals surface area contributed by atoms with E-state index < -0.39 is 0 Å². The third kappa shape index (κ3) is 2.40. The summed E-state index contributed by atoms with van der Waals surface area (Å²) in [5, 5.41) is 0. The fraction of sp³-hybridized carbons (Fsp3) is 0.278. The summed E-state index contributed by atoms with van der Waals surface area (Å²) in [6, 6.07) is 16.7. The molecular formula is C18H17NO2. The molecule has 4 rings (SSSR count). The lowest BCUT2D eigenvalue weighted by molar-refractivity contribution is 0.176. The van der Waals surface area contributed by atoms with Crippen LogP contribution in [0.3, 0.4) is 0 Å². The fourth-order valence-electron chi connectivity index (χ4n) is 2.93. The van der Waals surface area contributed by atoms with E-state index in [0.717, 1.165) is 36.6 Å². The minimum Gasteiger partial charge on any atom is -0.485 e. The van der Waals surface area contributed by atoms with E-state index in [9.17, 15) is 0 Å². The van der Waals surface area contributed by atoms with Crippen molar-refractivity contribution >= 4 is 5.90 Å². The molecule has 2 aromatic carbocycles. The van der Waals surface area contributed by atoms with Crippen LogP contribution in [0.5, 0.6) is 5.75 Å². The van der Waals surface area contributed by atoms with Crippen molar-refractivity contribution in [3.05, 3.63) is 65.2 Å². The fourth-order valence-corrected chi connectivity index (χ4v) is 2.93. The maximum atomic E-state index is 6.15. The lowest BCUT2D eigenvalue weighted by Crippen LogP contribution is -2.15. The first-order chi connectivity index (χ1) is 10.4. The van der Waals surface area contributed by atoms with E-state index >= 15 is 0 Å². The zero-order valence-electron chi connectivity index (χ0n) is 11.8. The average Bonchev–Trinajstić information content (AvgIpc) is 3.09.